The van der Waals surface area contributed by atoms with Crippen LogP contribution in [0.1, 0.15) is 43.0 Å². The van der Waals surface area contributed by atoms with E-state index in [-0.39, 0.29) is 11.8 Å². The van der Waals surface area contributed by atoms with Gasteiger partial charge in [-0.15, -0.1) is 10.2 Å². The zero-order valence-electron chi connectivity index (χ0n) is 18.9. The minimum atomic E-state index is -0.174. The van der Waals surface area contributed by atoms with Gasteiger partial charge in [0.1, 0.15) is 5.82 Å². The van der Waals surface area contributed by atoms with Crippen LogP contribution in [0.5, 0.6) is 17.4 Å². The average Bonchev–Trinajstić information content (AvgIpc) is 3.13. The molecule has 0 bridgehead atoms. The van der Waals surface area contributed by atoms with Crippen LogP contribution in [-0.2, 0) is 4.79 Å². The minimum Gasteiger partial charge on any atom is -0.493 e. The number of aromatic nitrogens is 4. The van der Waals surface area contributed by atoms with E-state index < -0.39 is 0 Å². The standard InChI is InChI=1S/C23H27N5O4/c1-13(2)12-32-17-7-6-15(10-18(17)30-4)16-11-20(29)24-23-22(16)14(3)27-28(23)19-8-9-21(31-5)26-25-19/h6-10,13,16H,11-12H2,1-5H3,(H,24,29)/t16-/m0/s1. The Morgan fingerprint density at radius 1 is 1.12 bits per heavy atom. The summed E-state index contributed by atoms with van der Waals surface area (Å²) in [6.45, 7) is 6.71. The molecule has 0 spiro atoms. The van der Waals surface area contributed by atoms with Gasteiger partial charge >= 0.3 is 0 Å². The Kier molecular flexibility index (Phi) is 5.98. The highest BCUT2D eigenvalue weighted by Crippen LogP contribution is 2.42. The summed E-state index contributed by atoms with van der Waals surface area (Å²) in [6.07, 6.45) is 0.309. The van der Waals surface area contributed by atoms with E-state index in [0.29, 0.717) is 48.0 Å². The van der Waals surface area contributed by atoms with Crippen molar-refractivity contribution in [3.05, 3.63) is 47.2 Å². The van der Waals surface area contributed by atoms with Gasteiger partial charge in [0, 0.05) is 24.0 Å². The second-order valence-corrected chi connectivity index (χ2v) is 8.11. The molecule has 4 rings (SSSR count). The van der Waals surface area contributed by atoms with Crippen molar-refractivity contribution in [3.8, 4) is 23.2 Å². The molecule has 1 aromatic carbocycles. The molecular weight excluding hydrogens is 410 g/mol. The number of nitrogens with zero attached hydrogens (tertiary/aromatic N) is 4. The first kappa shape index (κ1) is 21.6. The van der Waals surface area contributed by atoms with E-state index in [2.05, 4.69) is 34.5 Å². The van der Waals surface area contributed by atoms with Gasteiger partial charge in [-0.3, -0.25) is 4.79 Å². The molecule has 2 aromatic heterocycles. The number of nitrogens with one attached hydrogen (secondary N) is 1. The summed E-state index contributed by atoms with van der Waals surface area (Å²) in [6, 6.07) is 9.27. The van der Waals surface area contributed by atoms with Crippen molar-refractivity contribution in [3.63, 3.8) is 0 Å². The maximum absolute atomic E-state index is 12.6. The highest BCUT2D eigenvalue weighted by atomic mass is 16.5. The average molecular weight is 438 g/mol. The minimum absolute atomic E-state index is 0.0933. The number of rotatable bonds is 7. The van der Waals surface area contributed by atoms with Crippen LogP contribution in [0.3, 0.4) is 0 Å². The Morgan fingerprint density at radius 2 is 1.94 bits per heavy atom. The molecule has 0 aliphatic carbocycles. The van der Waals surface area contributed by atoms with Crippen molar-refractivity contribution < 1.29 is 19.0 Å². The van der Waals surface area contributed by atoms with E-state index in [0.717, 1.165) is 16.8 Å². The summed E-state index contributed by atoms with van der Waals surface area (Å²) in [4.78, 5) is 12.6. The first-order valence-corrected chi connectivity index (χ1v) is 10.5. The predicted octanol–water partition coefficient (Wildman–Crippen LogP) is 3.50. The highest BCUT2D eigenvalue weighted by molar-refractivity contribution is 5.95. The van der Waals surface area contributed by atoms with Crippen LogP contribution in [0.2, 0.25) is 0 Å². The lowest BCUT2D eigenvalue weighted by Crippen LogP contribution is -2.25. The third-order valence-corrected chi connectivity index (χ3v) is 5.32. The first-order chi connectivity index (χ1) is 15.4. The van der Waals surface area contributed by atoms with E-state index in [1.807, 2.05) is 25.1 Å². The molecule has 0 saturated heterocycles. The van der Waals surface area contributed by atoms with Gasteiger partial charge in [0.25, 0.3) is 0 Å². The maximum atomic E-state index is 12.6. The fourth-order valence-corrected chi connectivity index (χ4v) is 3.81. The molecule has 32 heavy (non-hydrogen) atoms. The lowest BCUT2D eigenvalue weighted by atomic mass is 9.85. The van der Waals surface area contributed by atoms with E-state index in [1.165, 1.54) is 7.11 Å². The van der Waals surface area contributed by atoms with E-state index in [9.17, 15) is 4.79 Å². The Bertz CT molecular complexity index is 1120. The number of carbonyl (C=O) groups is 1. The predicted molar refractivity (Wildman–Crippen MR) is 119 cm³/mol. The van der Waals surface area contributed by atoms with Gasteiger partial charge in [-0.25, -0.2) is 0 Å². The maximum Gasteiger partial charge on any atom is 0.233 e. The van der Waals surface area contributed by atoms with Crippen molar-refractivity contribution >= 4 is 11.7 Å². The topological polar surface area (TPSA) is 100 Å². The van der Waals surface area contributed by atoms with Crippen LogP contribution in [0.15, 0.2) is 30.3 Å². The Labute approximate surface area is 186 Å². The number of amides is 1. The summed E-state index contributed by atoms with van der Waals surface area (Å²) in [5.74, 6) is 2.95. The van der Waals surface area contributed by atoms with Crippen molar-refractivity contribution in [2.45, 2.75) is 33.1 Å². The van der Waals surface area contributed by atoms with Gasteiger partial charge in [-0.1, -0.05) is 19.9 Å². The quantitative estimate of drug-likeness (QED) is 0.604. The third kappa shape index (κ3) is 4.10. The molecule has 1 amide bonds. The van der Waals surface area contributed by atoms with Crippen LogP contribution in [0.25, 0.3) is 5.82 Å². The number of hydrogen-bond acceptors (Lipinski definition) is 7. The number of benzene rings is 1. The normalized spacial score (nSPS) is 15.3. The molecule has 1 aliphatic rings. The molecule has 0 saturated carbocycles. The molecule has 3 heterocycles. The molecule has 1 N–H and O–H groups in total. The summed E-state index contributed by atoms with van der Waals surface area (Å²) < 4.78 is 18.1. The zero-order chi connectivity index (χ0) is 22.8. The van der Waals surface area contributed by atoms with Gasteiger partial charge in [0.15, 0.2) is 17.3 Å². The number of hydrogen-bond donors (Lipinski definition) is 1. The van der Waals surface area contributed by atoms with Crippen LogP contribution < -0.4 is 19.5 Å². The lowest BCUT2D eigenvalue weighted by molar-refractivity contribution is -0.116. The Balaban J connectivity index is 1.74. The Hall–Kier alpha value is -3.62. The molecule has 9 nitrogen and oxygen atoms in total. The third-order valence-electron chi connectivity index (χ3n) is 5.32. The van der Waals surface area contributed by atoms with Gasteiger partial charge in [0.05, 0.1) is 26.5 Å². The van der Waals surface area contributed by atoms with Crippen LogP contribution in [-0.4, -0.2) is 46.7 Å². The summed E-state index contributed by atoms with van der Waals surface area (Å²) >= 11 is 0. The number of aryl methyl sites for hydroxylation is 1. The van der Waals surface area contributed by atoms with Crippen LogP contribution >= 0.6 is 0 Å². The van der Waals surface area contributed by atoms with Gasteiger partial charge < -0.3 is 19.5 Å². The van der Waals surface area contributed by atoms with Gasteiger partial charge in [0.2, 0.25) is 11.8 Å². The monoisotopic (exact) mass is 437 g/mol. The van der Waals surface area contributed by atoms with E-state index in [1.54, 1.807) is 23.9 Å². The smallest absolute Gasteiger partial charge is 0.233 e. The van der Waals surface area contributed by atoms with Crippen molar-refractivity contribution in [1.82, 2.24) is 20.0 Å². The molecule has 0 unspecified atom stereocenters. The van der Waals surface area contributed by atoms with Gasteiger partial charge in [-0.2, -0.15) is 9.78 Å². The van der Waals surface area contributed by atoms with Crippen LogP contribution in [0.4, 0.5) is 5.82 Å². The zero-order valence-corrected chi connectivity index (χ0v) is 18.9. The first-order valence-electron chi connectivity index (χ1n) is 10.5. The number of carbonyl (C=O) groups excluding carboxylic acids is 1. The molecule has 1 aliphatic heterocycles. The second-order valence-electron chi connectivity index (χ2n) is 8.11. The number of ether oxygens (including phenoxy) is 3. The fraction of sp³-hybridized carbons (Fsp3) is 0.391. The fourth-order valence-electron chi connectivity index (χ4n) is 3.81. The largest absolute Gasteiger partial charge is 0.493 e. The number of fused-ring (bicyclic) bond motifs is 1. The van der Waals surface area contributed by atoms with Gasteiger partial charge in [-0.05, 0) is 36.6 Å². The van der Waals surface area contributed by atoms with Crippen LogP contribution in [0, 0.1) is 12.8 Å². The summed E-state index contributed by atoms with van der Waals surface area (Å²) in [5, 5.41) is 15.8. The molecule has 168 valence electrons. The molecule has 9 heteroatoms. The summed E-state index contributed by atoms with van der Waals surface area (Å²) in [7, 11) is 3.15. The Morgan fingerprint density at radius 3 is 2.59 bits per heavy atom. The highest BCUT2D eigenvalue weighted by Gasteiger charge is 2.33. The second kappa shape index (κ2) is 8.86. The molecule has 0 radical (unpaired) electrons. The van der Waals surface area contributed by atoms with Crippen molar-refractivity contribution in [2.75, 3.05) is 26.1 Å². The number of anilines is 1. The number of methoxy groups -OCH3 is 2. The van der Waals surface area contributed by atoms with E-state index in [4.69, 9.17) is 14.2 Å². The molecule has 3 aromatic rings. The SMILES string of the molecule is COc1ccc(-n2nc(C)c3c2NC(=O)C[C@H]3c2ccc(OCC(C)C)c(OC)c2)nn1. The molecule has 0 fully saturated rings. The molecule has 1 atom stereocenters. The van der Waals surface area contributed by atoms with E-state index >= 15 is 0 Å². The lowest BCUT2D eigenvalue weighted by Gasteiger charge is -2.25. The van der Waals surface area contributed by atoms with Crippen molar-refractivity contribution in [1.29, 1.82) is 0 Å². The summed E-state index contributed by atoms with van der Waals surface area (Å²) in [5.41, 5.74) is 2.71. The van der Waals surface area contributed by atoms with Crippen molar-refractivity contribution in [2.24, 2.45) is 5.92 Å². The molecular formula is C23H27N5O4.